The minimum absolute atomic E-state index is 0.00144. The number of rotatable bonds is 4. The van der Waals surface area contributed by atoms with Gasteiger partial charge in [-0.2, -0.15) is 0 Å². The fourth-order valence-corrected chi connectivity index (χ4v) is 3.97. The highest BCUT2D eigenvalue weighted by Crippen LogP contribution is 2.40. The lowest BCUT2D eigenvalue weighted by Gasteiger charge is -2.26. The molecule has 1 aliphatic rings. The van der Waals surface area contributed by atoms with E-state index in [9.17, 15) is 4.79 Å². The molecule has 0 atom stereocenters. The van der Waals surface area contributed by atoms with E-state index in [1.165, 1.54) is 5.56 Å². The van der Waals surface area contributed by atoms with Crippen LogP contribution < -0.4 is 4.74 Å². The van der Waals surface area contributed by atoms with E-state index in [0.717, 1.165) is 44.5 Å². The van der Waals surface area contributed by atoms with E-state index in [-0.39, 0.29) is 5.91 Å². The number of morpholine rings is 1. The van der Waals surface area contributed by atoms with Crippen molar-refractivity contribution >= 4 is 22.4 Å². The molecule has 0 radical (unpaired) electrons. The number of allylic oxidation sites excluding steroid dienone is 1. The lowest BCUT2D eigenvalue weighted by molar-refractivity contribution is -0.129. The SMILES string of the molecule is COc1c(/C(C)=C/C(=O)N2CCOCC2)cc2c(-c3ccc(C)cc3)coc2c1C. The Bertz CT molecular complexity index is 1100. The maximum Gasteiger partial charge on any atom is 0.247 e. The van der Waals surface area contributed by atoms with Crippen LogP contribution in [0.2, 0.25) is 0 Å². The van der Waals surface area contributed by atoms with Crippen LogP contribution in [0.4, 0.5) is 0 Å². The molecule has 1 aromatic heterocycles. The molecule has 0 aliphatic carbocycles. The van der Waals surface area contributed by atoms with Gasteiger partial charge in [0, 0.05) is 41.2 Å². The van der Waals surface area contributed by atoms with Crippen molar-refractivity contribution in [2.45, 2.75) is 20.8 Å². The first-order chi connectivity index (χ1) is 14.5. The third-order valence-corrected chi connectivity index (χ3v) is 5.70. The zero-order valence-electron chi connectivity index (χ0n) is 18.0. The zero-order chi connectivity index (χ0) is 21.3. The second-order valence-electron chi connectivity index (χ2n) is 7.74. The van der Waals surface area contributed by atoms with Crippen LogP contribution in [0.15, 0.2) is 47.1 Å². The molecule has 0 spiro atoms. The van der Waals surface area contributed by atoms with Gasteiger partial charge in [0.1, 0.15) is 11.3 Å². The number of fused-ring (bicyclic) bond motifs is 1. The number of carbonyl (C=O) groups excluding carboxylic acids is 1. The van der Waals surface area contributed by atoms with Crippen LogP contribution in [0.3, 0.4) is 0 Å². The predicted octanol–water partition coefficient (Wildman–Crippen LogP) is 4.99. The summed E-state index contributed by atoms with van der Waals surface area (Å²) in [6.07, 6.45) is 3.49. The number of amides is 1. The molecular weight excluding hydrogens is 378 g/mol. The molecule has 1 aliphatic heterocycles. The Labute approximate surface area is 176 Å². The number of methoxy groups -OCH3 is 1. The van der Waals surface area contributed by atoms with Crippen molar-refractivity contribution in [3.05, 3.63) is 59.4 Å². The highest BCUT2D eigenvalue weighted by atomic mass is 16.5. The fraction of sp³-hybridized carbons (Fsp3) is 0.320. The van der Waals surface area contributed by atoms with Crippen LogP contribution in [-0.2, 0) is 9.53 Å². The standard InChI is InChI=1S/C25H27NO4/c1-16-5-7-19(8-6-16)22-15-30-25-18(3)24(28-4)20(14-21(22)25)17(2)13-23(27)26-9-11-29-12-10-26/h5-8,13-15H,9-12H2,1-4H3/b17-13+. The predicted molar refractivity (Wildman–Crippen MR) is 119 cm³/mol. The number of hydrogen-bond acceptors (Lipinski definition) is 4. The number of hydrogen-bond donors (Lipinski definition) is 0. The Morgan fingerprint density at radius 3 is 2.50 bits per heavy atom. The number of benzene rings is 2. The fourth-order valence-electron chi connectivity index (χ4n) is 3.97. The van der Waals surface area contributed by atoms with Crippen LogP contribution >= 0.6 is 0 Å². The topological polar surface area (TPSA) is 51.9 Å². The van der Waals surface area contributed by atoms with E-state index in [4.69, 9.17) is 13.9 Å². The highest BCUT2D eigenvalue weighted by molar-refractivity contribution is 6.01. The van der Waals surface area contributed by atoms with Gasteiger partial charge in [0.2, 0.25) is 5.91 Å². The average Bonchev–Trinajstić information content (AvgIpc) is 3.19. The summed E-state index contributed by atoms with van der Waals surface area (Å²) in [7, 11) is 1.65. The van der Waals surface area contributed by atoms with Gasteiger partial charge in [-0.15, -0.1) is 0 Å². The molecule has 4 rings (SSSR count). The van der Waals surface area contributed by atoms with E-state index in [1.54, 1.807) is 19.4 Å². The summed E-state index contributed by atoms with van der Waals surface area (Å²) in [6.45, 7) is 8.43. The molecule has 1 fully saturated rings. The summed E-state index contributed by atoms with van der Waals surface area (Å²) in [6, 6.07) is 10.5. The third kappa shape index (κ3) is 3.73. The molecule has 5 nitrogen and oxygen atoms in total. The molecule has 0 bridgehead atoms. The van der Waals surface area contributed by atoms with Crippen molar-refractivity contribution in [3.8, 4) is 16.9 Å². The Morgan fingerprint density at radius 1 is 1.13 bits per heavy atom. The zero-order valence-corrected chi connectivity index (χ0v) is 18.0. The van der Waals surface area contributed by atoms with Crippen LogP contribution in [-0.4, -0.2) is 44.2 Å². The number of aryl methyl sites for hydroxylation is 2. The third-order valence-electron chi connectivity index (χ3n) is 5.70. The molecule has 156 valence electrons. The lowest BCUT2D eigenvalue weighted by atomic mass is 9.96. The summed E-state index contributed by atoms with van der Waals surface area (Å²) >= 11 is 0. The maximum atomic E-state index is 12.7. The van der Waals surface area contributed by atoms with E-state index in [1.807, 2.05) is 18.7 Å². The molecule has 2 heterocycles. The van der Waals surface area contributed by atoms with Gasteiger partial charge in [-0.25, -0.2) is 0 Å². The van der Waals surface area contributed by atoms with Crippen molar-refractivity contribution in [1.29, 1.82) is 0 Å². The van der Waals surface area contributed by atoms with Gasteiger partial charge in [0.05, 0.1) is 26.6 Å². The minimum Gasteiger partial charge on any atom is -0.496 e. The Morgan fingerprint density at radius 2 is 1.83 bits per heavy atom. The summed E-state index contributed by atoms with van der Waals surface area (Å²) in [5.41, 5.74) is 6.84. The van der Waals surface area contributed by atoms with E-state index in [2.05, 4.69) is 37.3 Å². The number of ether oxygens (including phenoxy) is 2. The summed E-state index contributed by atoms with van der Waals surface area (Å²) in [5, 5.41) is 1.01. The van der Waals surface area contributed by atoms with Gasteiger partial charge in [-0.1, -0.05) is 29.8 Å². The van der Waals surface area contributed by atoms with Gasteiger partial charge < -0.3 is 18.8 Å². The van der Waals surface area contributed by atoms with Gasteiger partial charge in [0.25, 0.3) is 0 Å². The Balaban J connectivity index is 1.80. The van der Waals surface area contributed by atoms with Crippen molar-refractivity contribution in [2.75, 3.05) is 33.4 Å². The largest absolute Gasteiger partial charge is 0.496 e. The summed E-state index contributed by atoms with van der Waals surface area (Å²) < 4.78 is 17.0. The number of carbonyl (C=O) groups is 1. The quantitative estimate of drug-likeness (QED) is 0.574. The first-order valence-corrected chi connectivity index (χ1v) is 10.2. The Kier molecular flexibility index (Phi) is 5.64. The van der Waals surface area contributed by atoms with Gasteiger partial charge in [-0.3, -0.25) is 4.79 Å². The molecule has 0 saturated carbocycles. The van der Waals surface area contributed by atoms with Gasteiger partial charge in [-0.05, 0) is 38.0 Å². The van der Waals surface area contributed by atoms with E-state index >= 15 is 0 Å². The van der Waals surface area contributed by atoms with Gasteiger partial charge in [0.15, 0.2) is 0 Å². The van der Waals surface area contributed by atoms with Crippen LogP contribution in [0.5, 0.6) is 5.75 Å². The number of nitrogens with zero attached hydrogens (tertiary/aromatic N) is 1. The van der Waals surface area contributed by atoms with Crippen molar-refractivity contribution in [1.82, 2.24) is 4.90 Å². The van der Waals surface area contributed by atoms with Crippen LogP contribution in [0, 0.1) is 13.8 Å². The minimum atomic E-state index is 0.00144. The molecule has 3 aromatic rings. The molecule has 5 heteroatoms. The van der Waals surface area contributed by atoms with Crippen molar-refractivity contribution < 1.29 is 18.7 Å². The molecule has 0 N–H and O–H groups in total. The normalized spacial score (nSPS) is 14.9. The average molecular weight is 405 g/mol. The molecule has 1 saturated heterocycles. The van der Waals surface area contributed by atoms with Crippen molar-refractivity contribution in [2.24, 2.45) is 0 Å². The van der Waals surface area contributed by atoms with E-state index in [0.29, 0.717) is 26.3 Å². The summed E-state index contributed by atoms with van der Waals surface area (Å²) in [5.74, 6) is 0.734. The molecule has 30 heavy (non-hydrogen) atoms. The van der Waals surface area contributed by atoms with Gasteiger partial charge >= 0.3 is 0 Å². The van der Waals surface area contributed by atoms with Crippen molar-refractivity contribution in [3.63, 3.8) is 0 Å². The first kappa shape index (κ1) is 20.2. The second kappa shape index (κ2) is 8.36. The lowest BCUT2D eigenvalue weighted by Crippen LogP contribution is -2.39. The second-order valence-corrected chi connectivity index (χ2v) is 7.74. The van der Waals surface area contributed by atoms with E-state index < -0.39 is 0 Å². The number of furan rings is 1. The highest BCUT2D eigenvalue weighted by Gasteiger charge is 2.20. The molecular formula is C25H27NO4. The molecule has 1 amide bonds. The van der Waals surface area contributed by atoms with Crippen LogP contribution in [0.1, 0.15) is 23.6 Å². The first-order valence-electron chi connectivity index (χ1n) is 10.2. The summed E-state index contributed by atoms with van der Waals surface area (Å²) in [4.78, 5) is 14.6. The monoisotopic (exact) mass is 405 g/mol. The Hall–Kier alpha value is -3.05. The maximum absolute atomic E-state index is 12.7. The molecule has 2 aromatic carbocycles. The smallest absolute Gasteiger partial charge is 0.247 e. The van der Waals surface area contributed by atoms with Crippen LogP contribution in [0.25, 0.3) is 27.7 Å². The molecule has 0 unspecified atom stereocenters.